The van der Waals surface area contributed by atoms with Crippen LogP contribution in [0.5, 0.6) is 0 Å². The number of esters is 1. The van der Waals surface area contributed by atoms with Gasteiger partial charge in [0.2, 0.25) is 0 Å². The number of H-pyrrole nitrogens is 1. The monoisotopic (exact) mass is 526 g/mol. The summed E-state index contributed by atoms with van der Waals surface area (Å²) < 4.78 is 5.49. The molecule has 2 bridgehead atoms. The number of fused-ring (bicyclic) bond motifs is 4. The molecule has 3 fully saturated rings. The van der Waals surface area contributed by atoms with Gasteiger partial charge in [0, 0.05) is 23.9 Å². The number of benzene rings is 1. The van der Waals surface area contributed by atoms with Crippen molar-refractivity contribution < 1.29 is 9.53 Å². The smallest absolute Gasteiger partial charge is 0.311 e. The fraction of sp³-hybridized carbons (Fsp3) is 0.345. The van der Waals surface area contributed by atoms with E-state index in [1.165, 1.54) is 6.20 Å². The molecule has 0 aliphatic heterocycles. The molecular weight excluding hydrogens is 500 g/mol. The molecule has 0 amide bonds. The SMILES string of the molecule is CCOC(=O)[C@H]1C2CCC(CC2)[C@@H]1Nc1cc(C#Cc2ccccc2)nc(-c2c[nH]c3ncc(Cl)nc23)n1. The second-order valence-electron chi connectivity index (χ2n) is 9.79. The lowest BCUT2D eigenvalue weighted by Gasteiger charge is -2.47. The van der Waals surface area contributed by atoms with E-state index in [1.54, 1.807) is 6.20 Å². The van der Waals surface area contributed by atoms with Gasteiger partial charge in [-0.2, -0.15) is 0 Å². The van der Waals surface area contributed by atoms with Crippen LogP contribution in [0.1, 0.15) is 43.9 Å². The van der Waals surface area contributed by atoms with Gasteiger partial charge in [-0.15, -0.1) is 0 Å². The van der Waals surface area contributed by atoms with E-state index >= 15 is 0 Å². The second kappa shape index (κ2) is 10.4. The number of carbonyl (C=O) groups is 1. The van der Waals surface area contributed by atoms with Gasteiger partial charge in [-0.3, -0.25) is 4.79 Å². The Morgan fingerprint density at radius 1 is 1.11 bits per heavy atom. The molecule has 0 saturated heterocycles. The number of aromatic nitrogens is 5. The first-order valence-electron chi connectivity index (χ1n) is 13.0. The Labute approximate surface area is 225 Å². The molecule has 3 aliphatic carbocycles. The maximum absolute atomic E-state index is 13.0. The summed E-state index contributed by atoms with van der Waals surface area (Å²) in [5.74, 6) is 7.81. The quantitative estimate of drug-likeness (QED) is 0.270. The predicted molar refractivity (Wildman–Crippen MR) is 145 cm³/mol. The van der Waals surface area contributed by atoms with Crippen LogP contribution in [0.3, 0.4) is 0 Å². The van der Waals surface area contributed by atoms with E-state index in [9.17, 15) is 4.79 Å². The molecule has 0 spiro atoms. The zero-order chi connectivity index (χ0) is 26.1. The van der Waals surface area contributed by atoms with Gasteiger partial charge in [0.25, 0.3) is 0 Å². The van der Waals surface area contributed by atoms with Crippen molar-refractivity contribution in [2.75, 3.05) is 11.9 Å². The van der Waals surface area contributed by atoms with E-state index in [1.807, 2.05) is 43.3 Å². The molecular formula is C29H27ClN6O2. The van der Waals surface area contributed by atoms with Crippen molar-refractivity contribution in [3.8, 4) is 23.2 Å². The van der Waals surface area contributed by atoms with Crippen molar-refractivity contribution in [2.45, 2.75) is 38.6 Å². The van der Waals surface area contributed by atoms with Crippen molar-refractivity contribution >= 4 is 34.6 Å². The molecule has 3 saturated carbocycles. The van der Waals surface area contributed by atoms with Crippen molar-refractivity contribution in [3.63, 3.8) is 0 Å². The second-order valence-corrected chi connectivity index (χ2v) is 10.2. The summed E-state index contributed by atoms with van der Waals surface area (Å²) in [5.41, 5.74) is 3.29. The number of nitrogens with one attached hydrogen (secondary N) is 2. The minimum Gasteiger partial charge on any atom is -0.466 e. The van der Waals surface area contributed by atoms with E-state index < -0.39 is 0 Å². The van der Waals surface area contributed by atoms with Gasteiger partial charge in [0.1, 0.15) is 22.2 Å². The molecule has 38 heavy (non-hydrogen) atoms. The number of anilines is 1. The molecule has 1 aromatic carbocycles. The van der Waals surface area contributed by atoms with Crippen molar-refractivity contribution in [1.82, 2.24) is 24.9 Å². The molecule has 3 heterocycles. The van der Waals surface area contributed by atoms with Crippen LogP contribution in [0.15, 0.2) is 48.8 Å². The highest BCUT2D eigenvalue weighted by atomic mass is 35.5. The van der Waals surface area contributed by atoms with Gasteiger partial charge in [-0.25, -0.2) is 19.9 Å². The van der Waals surface area contributed by atoms with Crippen LogP contribution in [-0.4, -0.2) is 43.5 Å². The van der Waals surface area contributed by atoms with Gasteiger partial charge < -0.3 is 15.0 Å². The summed E-state index contributed by atoms with van der Waals surface area (Å²) in [6, 6.07) is 11.5. The minimum atomic E-state index is -0.197. The third kappa shape index (κ3) is 4.82. The third-order valence-electron chi connectivity index (χ3n) is 7.52. The van der Waals surface area contributed by atoms with E-state index in [4.69, 9.17) is 26.3 Å². The molecule has 9 heteroatoms. The summed E-state index contributed by atoms with van der Waals surface area (Å²) >= 11 is 6.14. The average Bonchev–Trinajstić information content (AvgIpc) is 3.36. The van der Waals surface area contributed by atoms with Gasteiger partial charge in [-0.1, -0.05) is 35.7 Å². The van der Waals surface area contributed by atoms with Crippen LogP contribution in [0.4, 0.5) is 5.82 Å². The Bertz CT molecular complexity index is 1540. The Morgan fingerprint density at radius 2 is 1.89 bits per heavy atom. The standard InChI is InChI=1S/C29H27ClN6O2/c1-2-38-29(37)24-18-9-11-19(12-10-18)25(24)35-23-14-20(13-8-17-6-4-3-5-7-17)33-27(36-23)21-15-31-28-26(21)34-22(30)16-32-28/h3-7,14-16,18-19,24-25H,2,9-12H2,1H3,(H,31,32)(H,33,35,36)/t18?,19?,24-,25-/m0/s1. The Hall–Kier alpha value is -3.96. The fourth-order valence-electron chi connectivity index (χ4n) is 5.81. The summed E-state index contributed by atoms with van der Waals surface area (Å²) in [6.07, 6.45) is 7.57. The zero-order valence-electron chi connectivity index (χ0n) is 20.9. The molecule has 3 aromatic heterocycles. The molecule has 3 aliphatic rings. The fourth-order valence-corrected chi connectivity index (χ4v) is 5.94. The maximum atomic E-state index is 13.0. The van der Waals surface area contributed by atoms with Gasteiger partial charge in [-0.05, 0) is 62.5 Å². The van der Waals surface area contributed by atoms with Crippen LogP contribution < -0.4 is 5.32 Å². The lowest BCUT2D eigenvalue weighted by Crippen LogP contribution is -2.52. The highest BCUT2D eigenvalue weighted by molar-refractivity contribution is 6.29. The Morgan fingerprint density at radius 3 is 2.68 bits per heavy atom. The topological polar surface area (TPSA) is 106 Å². The van der Waals surface area contributed by atoms with Gasteiger partial charge in [0.05, 0.1) is 24.3 Å². The van der Waals surface area contributed by atoms with Gasteiger partial charge >= 0.3 is 5.97 Å². The molecule has 2 N–H and O–H groups in total. The largest absolute Gasteiger partial charge is 0.466 e. The van der Waals surface area contributed by atoms with E-state index in [0.717, 1.165) is 31.2 Å². The highest BCUT2D eigenvalue weighted by Crippen LogP contribution is 2.46. The normalized spacial score (nSPS) is 22.1. The number of carbonyl (C=O) groups excluding carboxylic acids is 1. The molecule has 192 valence electrons. The van der Waals surface area contributed by atoms with E-state index in [-0.39, 0.29) is 23.1 Å². The Kier molecular flexibility index (Phi) is 6.69. The number of ether oxygens (including phenoxy) is 1. The van der Waals surface area contributed by atoms with E-state index in [2.05, 4.69) is 32.1 Å². The predicted octanol–water partition coefficient (Wildman–Crippen LogP) is 5.25. The summed E-state index contributed by atoms with van der Waals surface area (Å²) in [6.45, 7) is 2.23. The minimum absolute atomic E-state index is 0.0589. The summed E-state index contributed by atoms with van der Waals surface area (Å²) in [5, 5.41) is 3.89. The number of hydrogen-bond acceptors (Lipinski definition) is 7. The third-order valence-corrected chi connectivity index (χ3v) is 7.70. The van der Waals surface area contributed by atoms with Gasteiger partial charge in [0.15, 0.2) is 11.5 Å². The summed E-state index contributed by atoms with van der Waals surface area (Å²) in [4.78, 5) is 34.5. The molecule has 7 rings (SSSR count). The average molecular weight is 527 g/mol. The number of aromatic amines is 1. The molecule has 8 nitrogen and oxygen atoms in total. The number of hydrogen-bond donors (Lipinski definition) is 2. The first-order valence-corrected chi connectivity index (χ1v) is 13.4. The lowest BCUT2D eigenvalue weighted by atomic mass is 9.61. The number of nitrogens with zero attached hydrogens (tertiary/aromatic N) is 4. The Balaban J connectivity index is 1.41. The van der Waals surface area contributed by atoms with Crippen LogP contribution in [0, 0.1) is 29.6 Å². The van der Waals surface area contributed by atoms with Crippen molar-refractivity contribution in [1.29, 1.82) is 0 Å². The lowest BCUT2D eigenvalue weighted by molar-refractivity contribution is -0.154. The molecule has 4 aromatic rings. The van der Waals surface area contributed by atoms with Crippen molar-refractivity contribution in [3.05, 3.63) is 65.2 Å². The van der Waals surface area contributed by atoms with Crippen LogP contribution in [0.2, 0.25) is 5.15 Å². The molecule has 0 radical (unpaired) electrons. The van der Waals surface area contributed by atoms with Crippen LogP contribution >= 0.6 is 11.6 Å². The molecule has 0 unspecified atom stereocenters. The van der Waals surface area contributed by atoms with E-state index in [0.29, 0.717) is 52.5 Å². The molecule has 2 atom stereocenters. The highest BCUT2D eigenvalue weighted by Gasteiger charge is 2.48. The first-order chi connectivity index (χ1) is 18.6. The number of halogens is 1. The maximum Gasteiger partial charge on any atom is 0.311 e. The zero-order valence-corrected chi connectivity index (χ0v) is 21.7. The van der Waals surface area contributed by atoms with Crippen molar-refractivity contribution in [2.24, 2.45) is 17.8 Å². The first kappa shape index (κ1) is 24.4. The van der Waals surface area contributed by atoms with Crippen LogP contribution in [-0.2, 0) is 9.53 Å². The number of rotatable bonds is 5. The van der Waals surface area contributed by atoms with Crippen LogP contribution in [0.25, 0.3) is 22.6 Å². The summed E-state index contributed by atoms with van der Waals surface area (Å²) in [7, 11) is 0.